The molecule has 2 aromatic rings. The number of amides is 1. The molecule has 4 atom stereocenters. The normalized spacial score (nSPS) is 22.0. The Morgan fingerprint density at radius 3 is 2.51 bits per heavy atom. The Morgan fingerprint density at radius 1 is 1.26 bits per heavy atom. The first-order chi connectivity index (χ1) is 16.3. The number of benzene rings is 1. The number of nitro groups is 1. The summed E-state index contributed by atoms with van der Waals surface area (Å²) in [7, 11) is -4.91. The monoisotopic (exact) mass is 515 g/mol. The molecule has 0 bridgehead atoms. The third-order valence-corrected chi connectivity index (χ3v) is 5.59. The average Bonchev–Trinajstić information content (AvgIpc) is 3.05. The molecular weight excluding hydrogens is 498 g/mol. The minimum atomic E-state index is -4.91. The fraction of sp³-hybridized carbons (Fsp3) is 0.294. The minimum absolute atomic E-state index is 0.111. The number of aliphatic hydroxyl groups excluding tert-OH is 2. The van der Waals surface area contributed by atoms with E-state index in [-0.39, 0.29) is 5.82 Å². The van der Waals surface area contributed by atoms with Crippen LogP contribution in [0.1, 0.15) is 26.9 Å². The van der Waals surface area contributed by atoms with Crippen LogP contribution in [-0.4, -0.2) is 75.0 Å². The lowest BCUT2D eigenvalue weighted by molar-refractivity contribution is -0.384. The van der Waals surface area contributed by atoms with E-state index in [0.29, 0.717) is 18.2 Å². The van der Waals surface area contributed by atoms with Crippen LogP contribution < -0.4 is 16.1 Å². The quantitative estimate of drug-likeness (QED) is 0.183. The Balaban J connectivity index is 1.70. The number of aromatic carboxylic acids is 1. The number of anilines is 1. The third-order valence-electron chi connectivity index (χ3n) is 4.71. The zero-order valence-electron chi connectivity index (χ0n) is 17.2. The van der Waals surface area contributed by atoms with Crippen molar-refractivity contribution in [2.45, 2.75) is 24.5 Å². The van der Waals surface area contributed by atoms with Crippen molar-refractivity contribution >= 4 is 33.7 Å². The molecule has 0 spiro atoms. The molecule has 1 aliphatic rings. The molecule has 6 N–H and O–H groups in total. The zero-order valence-corrected chi connectivity index (χ0v) is 18.1. The molecule has 3 rings (SSSR count). The highest BCUT2D eigenvalue weighted by atomic mass is 32.2. The van der Waals surface area contributed by atoms with Gasteiger partial charge in [-0.1, -0.05) is 0 Å². The summed E-state index contributed by atoms with van der Waals surface area (Å²) in [4.78, 5) is 48.7. The number of carbonyl (C=O) groups is 2. The van der Waals surface area contributed by atoms with Crippen molar-refractivity contribution < 1.29 is 47.2 Å². The number of nitrogen functional groups attached to an aromatic ring is 1. The van der Waals surface area contributed by atoms with E-state index in [0.717, 1.165) is 10.8 Å². The molecule has 1 amide bonds. The van der Waals surface area contributed by atoms with Crippen molar-refractivity contribution in [1.29, 1.82) is 0 Å². The summed E-state index contributed by atoms with van der Waals surface area (Å²) in [6, 6.07) is 3.26. The molecule has 18 heteroatoms. The van der Waals surface area contributed by atoms with E-state index in [1.54, 1.807) is 0 Å². The third kappa shape index (κ3) is 5.75. The summed E-state index contributed by atoms with van der Waals surface area (Å²) >= 11 is 0. The van der Waals surface area contributed by atoms with Crippen molar-refractivity contribution in [3.05, 3.63) is 62.2 Å². The second-order valence-corrected chi connectivity index (χ2v) is 8.44. The lowest BCUT2D eigenvalue weighted by atomic mass is 10.1. The Hall–Kier alpha value is -3.97. The van der Waals surface area contributed by atoms with Gasteiger partial charge in [-0.2, -0.15) is 13.4 Å². The van der Waals surface area contributed by atoms with Crippen molar-refractivity contribution in [3.8, 4) is 0 Å². The van der Waals surface area contributed by atoms with E-state index in [4.69, 9.17) is 15.6 Å². The maximum atomic E-state index is 12.3. The zero-order chi connectivity index (χ0) is 26.1. The number of hydrogen-bond acceptors (Lipinski definition) is 13. The number of hydrogen-bond donors (Lipinski definition) is 5. The van der Waals surface area contributed by atoms with E-state index in [1.165, 1.54) is 10.8 Å². The topological polar surface area (TPSA) is 264 Å². The van der Waals surface area contributed by atoms with Gasteiger partial charge in [0, 0.05) is 23.9 Å². The molecule has 0 unspecified atom stereocenters. The molecule has 0 aliphatic carbocycles. The number of aliphatic hydroxyl groups is 2. The van der Waals surface area contributed by atoms with Gasteiger partial charge in [0.25, 0.3) is 11.6 Å². The highest BCUT2D eigenvalue weighted by Crippen LogP contribution is 2.29. The van der Waals surface area contributed by atoms with E-state index in [9.17, 15) is 43.1 Å². The Bertz CT molecular complexity index is 1310. The van der Waals surface area contributed by atoms with Gasteiger partial charge in [-0.15, -0.1) is 0 Å². The lowest BCUT2D eigenvalue weighted by Gasteiger charge is -2.16. The molecule has 1 aromatic heterocycles. The number of nitro benzene ring substituents is 1. The van der Waals surface area contributed by atoms with Crippen LogP contribution in [0.15, 0.2) is 35.3 Å². The van der Waals surface area contributed by atoms with E-state index in [2.05, 4.69) is 9.17 Å². The van der Waals surface area contributed by atoms with E-state index in [1.807, 2.05) is 0 Å². The van der Waals surface area contributed by atoms with Crippen molar-refractivity contribution in [2.24, 2.45) is 0 Å². The Morgan fingerprint density at radius 2 is 1.91 bits per heavy atom. The van der Waals surface area contributed by atoms with Crippen LogP contribution in [0.5, 0.6) is 0 Å². The molecule has 1 fully saturated rings. The van der Waals surface area contributed by atoms with Crippen LogP contribution in [0.3, 0.4) is 0 Å². The Labute approximate surface area is 194 Å². The molecule has 1 aromatic carbocycles. The first-order valence-corrected chi connectivity index (χ1v) is 10.8. The van der Waals surface area contributed by atoms with Gasteiger partial charge in [-0.05, 0) is 12.1 Å². The summed E-state index contributed by atoms with van der Waals surface area (Å²) < 4.78 is 36.4. The second-order valence-electron chi connectivity index (χ2n) is 7.09. The van der Waals surface area contributed by atoms with Gasteiger partial charge in [0.05, 0.1) is 17.1 Å². The second kappa shape index (κ2) is 9.72. The summed E-state index contributed by atoms with van der Waals surface area (Å²) in [6.45, 7) is -0.927. The van der Waals surface area contributed by atoms with E-state index >= 15 is 0 Å². The summed E-state index contributed by atoms with van der Waals surface area (Å²) in [6.07, 6.45) is -5.22. The van der Waals surface area contributed by atoms with Gasteiger partial charge in [-0.3, -0.25) is 23.7 Å². The number of carboxylic acid groups (broad SMARTS) is 1. The number of nitrogens with zero attached hydrogens (tertiary/aromatic N) is 3. The van der Waals surface area contributed by atoms with Crippen molar-refractivity contribution in [2.75, 3.05) is 12.3 Å². The van der Waals surface area contributed by atoms with Crippen LogP contribution in [-0.2, 0) is 19.2 Å². The summed E-state index contributed by atoms with van der Waals surface area (Å²) in [5, 5.41) is 40.3. The maximum Gasteiger partial charge on any atom is 0.362 e. The molecule has 0 saturated carbocycles. The number of carbonyl (C=O) groups excluding carboxylic acids is 1. The fourth-order valence-electron chi connectivity index (χ4n) is 3.05. The molecule has 1 saturated heterocycles. The maximum absolute atomic E-state index is 12.3. The number of rotatable bonds is 8. The smallest absolute Gasteiger partial charge is 0.362 e. The highest BCUT2D eigenvalue weighted by molar-refractivity contribution is 7.85. The van der Waals surface area contributed by atoms with Crippen molar-refractivity contribution in [3.63, 3.8) is 0 Å². The van der Waals surface area contributed by atoms with Crippen molar-refractivity contribution in [1.82, 2.24) is 14.3 Å². The number of aromatic nitrogens is 2. The van der Waals surface area contributed by atoms with E-state index < -0.39 is 80.8 Å². The van der Waals surface area contributed by atoms with Crippen LogP contribution in [0, 0.1) is 10.1 Å². The number of nitrogens with one attached hydrogen (secondary N) is 1. The summed E-state index contributed by atoms with van der Waals surface area (Å²) in [5.74, 6) is -3.15. The molecule has 2 heterocycles. The number of carboxylic acids is 1. The van der Waals surface area contributed by atoms with Gasteiger partial charge >= 0.3 is 22.0 Å². The first kappa shape index (κ1) is 25.6. The van der Waals surface area contributed by atoms with Crippen LogP contribution in [0.2, 0.25) is 0 Å². The lowest BCUT2D eigenvalue weighted by Crippen LogP contribution is -2.38. The number of ether oxygens (including phenoxy) is 1. The first-order valence-electron chi connectivity index (χ1n) is 9.39. The molecular formula is C17H17N5O12S. The highest BCUT2D eigenvalue weighted by Gasteiger charge is 2.45. The van der Waals surface area contributed by atoms with Gasteiger partial charge in [0.2, 0.25) is 0 Å². The average molecular weight is 515 g/mol. The van der Waals surface area contributed by atoms with Gasteiger partial charge in [-0.25, -0.2) is 14.3 Å². The van der Waals surface area contributed by atoms with Crippen LogP contribution >= 0.6 is 0 Å². The van der Waals surface area contributed by atoms with Gasteiger partial charge < -0.3 is 25.8 Å². The van der Waals surface area contributed by atoms with Crippen LogP contribution in [0.25, 0.3) is 0 Å². The summed E-state index contributed by atoms with van der Waals surface area (Å²) in [5.41, 5.74) is 2.39. The Kier molecular flexibility index (Phi) is 7.12. The number of non-ortho nitro benzene ring substituents is 1. The van der Waals surface area contributed by atoms with Gasteiger partial charge in [0.1, 0.15) is 24.1 Å². The molecule has 35 heavy (non-hydrogen) atoms. The fourth-order valence-corrected chi connectivity index (χ4v) is 3.76. The predicted octanol–water partition coefficient (Wildman–Crippen LogP) is -2.26. The predicted molar refractivity (Wildman–Crippen MR) is 111 cm³/mol. The largest absolute Gasteiger partial charge is 0.478 e. The van der Waals surface area contributed by atoms with Gasteiger partial charge in [0.15, 0.2) is 6.23 Å². The van der Waals surface area contributed by atoms with Crippen LogP contribution in [0.4, 0.5) is 11.5 Å². The molecule has 17 nitrogen and oxygen atoms in total. The minimum Gasteiger partial charge on any atom is -0.478 e. The molecule has 1 aliphatic heterocycles. The SMILES string of the molecule is Nc1ccn([C@@H]2O[C@H](COS(=O)(=O)NC(=O)c3cc(C(=O)O)cc([N+](=O)[O-])c3)[C@@H](O)[C@H]2O)c(=O)n1. The molecule has 0 radical (unpaired) electrons. The molecule has 188 valence electrons. The standard InChI is InChI=1S/C17H17N5O12S/c18-11-1-2-21(17(28)19-11)15-13(24)12(23)10(34-15)6-33-35(31,32)20-14(25)7-3-8(16(26)27)5-9(4-7)22(29)30/h1-5,10,12-13,15,23-24H,6H2,(H,20,25)(H,26,27)(H2,18,19,28)/t10-,12-,13-,15-/m1/s1. The number of nitrogens with two attached hydrogens (primary N) is 1.